The molecule has 0 bridgehead atoms. The summed E-state index contributed by atoms with van der Waals surface area (Å²) >= 11 is 0. The molecule has 110 valence electrons. The van der Waals surface area contributed by atoms with Gasteiger partial charge in [0.1, 0.15) is 0 Å². The zero-order chi connectivity index (χ0) is 14.8. The SMILES string of the molecule is Cc1c(NCC2(N(C)C)CCCC2)cccc1[N+](=O)[O-]. The first-order chi connectivity index (χ1) is 9.46. The monoisotopic (exact) mass is 277 g/mol. The fourth-order valence-electron chi connectivity index (χ4n) is 3.09. The molecule has 1 saturated carbocycles. The molecule has 0 aliphatic heterocycles. The van der Waals surface area contributed by atoms with Gasteiger partial charge in [0.25, 0.3) is 5.69 Å². The number of nitro groups is 1. The van der Waals surface area contributed by atoms with Gasteiger partial charge in [-0.25, -0.2) is 0 Å². The maximum Gasteiger partial charge on any atom is 0.274 e. The summed E-state index contributed by atoms with van der Waals surface area (Å²) in [6.45, 7) is 2.64. The number of nitrogens with one attached hydrogen (secondary N) is 1. The minimum atomic E-state index is -0.322. The molecule has 0 amide bonds. The second-order valence-electron chi connectivity index (χ2n) is 5.89. The van der Waals surface area contributed by atoms with E-state index in [4.69, 9.17) is 0 Å². The predicted molar refractivity (Wildman–Crippen MR) is 81.2 cm³/mol. The number of nitrogens with zero attached hydrogens (tertiary/aromatic N) is 2. The molecule has 0 radical (unpaired) electrons. The van der Waals surface area contributed by atoms with E-state index in [1.807, 2.05) is 6.07 Å². The first kappa shape index (κ1) is 14.8. The molecule has 0 aromatic heterocycles. The maximum absolute atomic E-state index is 11.0. The molecule has 0 heterocycles. The molecule has 0 atom stereocenters. The summed E-state index contributed by atoms with van der Waals surface area (Å²) in [5.74, 6) is 0. The predicted octanol–water partition coefficient (Wildman–Crippen LogP) is 3.19. The molecule has 1 N–H and O–H groups in total. The van der Waals surface area contributed by atoms with Crippen molar-refractivity contribution >= 4 is 11.4 Å². The lowest BCUT2D eigenvalue weighted by Crippen LogP contribution is -2.47. The van der Waals surface area contributed by atoms with E-state index in [0.717, 1.165) is 12.2 Å². The fourth-order valence-corrected chi connectivity index (χ4v) is 3.09. The summed E-state index contributed by atoms with van der Waals surface area (Å²) in [5.41, 5.74) is 1.94. The summed E-state index contributed by atoms with van der Waals surface area (Å²) in [5, 5.41) is 14.4. The number of hydrogen-bond donors (Lipinski definition) is 1. The fraction of sp³-hybridized carbons (Fsp3) is 0.600. The van der Waals surface area contributed by atoms with Crippen LogP contribution in [0.2, 0.25) is 0 Å². The second kappa shape index (κ2) is 5.79. The van der Waals surface area contributed by atoms with E-state index in [1.165, 1.54) is 25.7 Å². The topological polar surface area (TPSA) is 58.4 Å². The van der Waals surface area contributed by atoms with E-state index in [-0.39, 0.29) is 16.1 Å². The van der Waals surface area contributed by atoms with Crippen molar-refractivity contribution in [1.29, 1.82) is 0 Å². The lowest BCUT2D eigenvalue weighted by atomic mass is 9.95. The molecule has 1 aromatic carbocycles. The highest BCUT2D eigenvalue weighted by molar-refractivity contribution is 5.59. The molecule has 5 heteroatoms. The Labute approximate surface area is 120 Å². The maximum atomic E-state index is 11.0. The Morgan fingerprint density at radius 3 is 2.55 bits per heavy atom. The summed E-state index contributed by atoms with van der Waals surface area (Å²) in [6, 6.07) is 5.21. The van der Waals surface area contributed by atoms with Gasteiger partial charge in [0.05, 0.1) is 4.92 Å². The lowest BCUT2D eigenvalue weighted by molar-refractivity contribution is -0.385. The molecular formula is C15H23N3O2. The zero-order valence-corrected chi connectivity index (χ0v) is 12.5. The summed E-state index contributed by atoms with van der Waals surface area (Å²) in [7, 11) is 4.24. The van der Waals surface area contributed by atoms with E-state index in [2.05, 4.69) is 24.3 Å². The van der Waals surface area contributed by atoms with Gasteiger partial charge in [0.2, 0.25) is 0 Å². The van der Waals surface area contributed by atoms with Gasteiger partial charge in [-0.1, -0.05) is 18.9 Å². The minimum Gasteiger partial charge on any atom is -0.383 e. The van der Waals surface area contributed by atoms with E-state index < -0.39 is 0 Å². The van der Waals surface area contributed by atoms with Crippen LogP contribution >= 0.6 is 0 Å². The standard InChI is InChI=1S/C15H23N3O2/c1-12-13(7-6-8-14(12)18(19)20)16-11-15(17(2)3)9-4-5-10-15/h6-8,16H,4-5,9-11H2,1-3H3. The van der Waals surface area contributed by atoms with Crippen molar-refractivity contribution in [3.8, 4) is 0 Å². The van der Waals surface area contributed by atoms with Crippen LogP contribution in [0.25, 0.3) is 0 Å². The number of hydrogen-bond acceptors (Lipinski definition) is 4. The minimum absolute atomic E-state index is 0.178. The number of benzene rings is 1. The molecule has 1 aliphatic carbocycles. The first-order valence-electron chi connectivity index (χ1n) is 7.12. The van der Waals surface area contributed by atoms with Crippen molar-refractivity contribution in [3.05, 3.63) is 33.9 Å². The van der Waals surface area contributed by atoms with Gasteiger partial charge in [-0.15, -0.1) is 0 Å². The molecule has 1 fully saturated rings. The Hall–Kier alpha value is -1.62. The third-order valence-electron chi connectivity index (χ3n) is 4.59. The van der Waals surface area contributed by atoms with Crippen LogP contribution in [0, 0.1) is 17.0 Å². The van der Waals surface area contributed by atoms with E-state index in [9.17, 15) is 10.1 Å². The van der Waals surface area contributed by atoms with Crippen LogP contribution in [0.5, 0.6) is 0 Å². The Morgan fingerprint density at radius 2 is 2.00 bits per heavy atom. The van der Waals surface area contributed by atoms with Crippen LogP contribution in [0.3, 0.4) is 0 Å². The van der Waals surface area contributed by atoms with E-state index in [1.54, 1.807) is 19.1 Å². The number of anilines is 1. The molecule has 0 saturated heterocycles. The molecule has 20 heavy (non-hydrogen) atoms. The highest BCUT2D eigenvalue weighted by Crippen LogP contribution is 2.34. The first-order valence-corrected chi connectivity index (χ1v) is 7.12. The quantitative estimate of drug-likeness (QED) is 0.663. The highest BCUT2D eigenvalue weighted by Gasteiger charge is 2.35. The molecule has 1 aliphatic rings. The third-order valence-corrected chi connectivity index (χ3v) is 4.59. The Balaban J connectivity index is 2.15. The molecular weight excluding hydrogens is 254 g/mol. The van der Waals surface area contributed by atoms with Crippen molar-refractivity contribution in [2.75, 3.05) is 26.0 Å². The third kappa shape index (κ3) is 2.77. The van der Waals surface area contributed by atoms with Crippen molar-refractivity contribution in [2.45, 2.75) is 38.1 Å². The Kier molecular flexibility index (Phi) is 4.28. The average molecular weight is 277 g/mol. The van der Waals surface area contributed by atoms with Crippen LogP contribution in [0.4, 0.5) is 11.4 Å². The van der Waals surface area contributed by atoms with Gasteiger partial charge in [-0.05, 0) is 39.9 Å². The van der Waals surface area contributed by atoms with Crippen molar-refractivity contribution < 1.29 is 4.92 Å². The lowest BCUT2D eigenvalue weighted by Gasteiger charge is -2.37. The molecule has 0 spiro atoms. The van der Waals surface area contributed by atoms with Gasteiger partial charge < -0.3 is 10.2 Å². The Bertz CT molecular complexity index is 494. The molecule has 0 unspecified atom stereocenters. The molecule has 1 aromatic rings. The van der Waals surface area contributed by atoms with Gasteiger partial charge >= 0.3 is 0 Å². The summed E-state index contributed by atoms with van der Waals surface area (Å²) in [4.78, 5) is 12.9. The highest BCUT2D eigenvalue weighted by atomic mass is 16.6. The molecule has 5 nitrogen and oxygen atoms in total. The van der Waals surface area contributed by atoms with Crippen LogP contribution in [-0.2, 0) is 0 Å². The van der Waals surface area contributed by atoms with Crippen LogP contribution < -0.4 is 5.32 Å². The largest absolute Gasteiger partial charge is 0.383 e. The smallest absolute Gasteiger partial charge is 0.274 e. The van der Waals surface area contributed by atoms with Crippen LogP contribution in [0.15, 0.2) is 18.2 Å². The van der Waals surface area contributed by atoms with Crippen molar-refractivity contribution in [3.63, 3.8) is 0 Å². The average Bonchev–Trinajstić information content (AvgIpc) is 2.87. The zero-order valence-electron chi connectivity index (χ0n) is 12.5. The van der Waals surface area contributed by atoms with Crippen LogP contribution in [-0.4, -0.2) is 36.0 Å². The van der Waals surface area contributed by atoms with Crippen LogP contribution in [0.1, 0.15) is 31.2 Å². The normalized spacial score (nSPS) is 17.4. The van der Waals surface area contributed by atoms with E-state index in [0.29, 0.717) is 5.56 Å². The summed E-state index contributed by atoms with van der Waals surface area (Å²) < 4.78 is 0. The van der Waals surface area contributed by atoms with Gasteiger partial charge in [0.15, 0.2) is 0 Å². The number of rotatable bonds is 5. The Morgan fingerprint density at radius 1 is 1.35 bits per heavy atom. The second-order valence-corrected chi connectivity index (χ2v) is 5.89. The number of likely N-dealkylation sites (N-methyl/N-ethyl adjacent to an activating group) is 1. The van der Waals surface area contributed by atoms with Crippen molar-refractivity contribution in [1.82, 2.24) is 4.90 Å². The van der Waals surface area contributed by atoms with Crippen molar-refractivity contribution in [2.24, 2.45) is 0 Å². The van der Waals surface area contributed by atoms with Gasteiger partial charge in [-0.3, -0.25) is 10.1 Å². The van der Waals surface area contributed by atoms with Gasteiger partial charge in [-0.2, -0.15) is 0 Å². The summed E-state index contributed by atoms with van der Waals surface area (Å²) in [6.07, 6.45) is 4.88. The van der Waals surface area contributed by atoms with E-state index >= 15 is 0 Å². The molecule has 2 rings (SSSR count). The number of nitro benzene ring substituents is 1. The van der Waals surface area contributed by atoms with Gasteiger partial charge in [0, 0.05) is 29.4 Å².